The van der Waals surface area contributed by atoms with Gasteiger partial charge in [-0.3, -0.25) is 4.79 Å². The summed E-state index contributed by atoms with van der Waals surface area (Å²) in [5, 5.41) is 0. The van der Waals surface area contributed by atoms with E-state index in [1.54, 1.807) is 18.3 Å². The van der Waals surface area contributed by atoms with Gasteiger partial charge in [-0.15, -0.1) is 0 Å². The van der Waals surface area contributed by atoms with Crippen molar-refractivity contribution in [3.63, 3.8) is 0 Å². The van der Waals surface area contributed by atoms with Crippen LogP contribution in [0.15, 0.2) is 30.5 Å². The second-order valence-electron chi connectivity index (χ2n) is 6.67. The van der Waals surface area contributed by atoms with Crippen LogP contribution in [0.1, 0.15) is 37.0 Å². The van der Waals surface area contributed by atoms with Gasteiger partial charge in [0.15, 0.2) is 0 Å². The number of imidazole rings is 1. The van der Waals surface area contributed by atoms with E-state index in [0.29, 0.717) is 19.8 Å². The van der Waals surface area contributed by atoms with E-state index < -0.39 is 5.41 Å². The molecule has 0 spiro atoms. The molecular weight excluding hydrogens is 309 g/mol. The lowest BCUT2D eigenvalue weighted by Gasteiger charge is -2.39. The van der Waals surface area contributed by atoms with Crippen molar-refractivity contribution in [1.29, 1.82) is 0 Å². The first-order chi connectivity index (χ1) is 11.4. The number of nitrogens with zero attached hydrogens (tertiary/aromatic N) is 2. The molecule has 1 amide bonds. The molecule has 24 heavy (non-hydrogen) atoms. The molecular formula is C18H22FN3O2. The summed E-state index contributed by atoms with van der Waals surface area (Å²) in [4.78, 5) is 22.6. The number of benzene rings is 1. The van der Waals surface area contributed by atoms with Crippen molar-refractivity contribution in [2.45, 2.75) is 32.2 Å². The summed E-state index contributed by atoms with van der Waals surface area (Å²) < 4.78 is 18.7. The molecule has 3 rings (SSSR count). The summed E-state index contributed by atoms with van der Waals surface area (Å²) in [6.45, 7) is 7.08. The van der Waals surface area contributed by atoms with E-state index in [4.69, 9.17) is 4.74 Å². The monoisotopic (exact) mass is 331 g/mol. The maximum absolute atomic E-state index is 13.2. The van der Waals surface area contributed by atoms with Crippen LogP contribution in [0.4, 0.5) is 4.39 Å². The number of H-pyrrole nitrogens is 1. The molecule has 1 aliphatic heterocycles. The first-order valence-electron chi connectivity index (χ1n) is 8.06. The Morgan fingerprint density at radius 2 is 2.08 bits per heavy atom. The van der Waals surface area contributed by atoms with Crippen LogP contribution in [0.2, 0.25) is 0 Å². The van der Waals surface area contributed by atoms with Crippen molar-refractivity contribution in [3.8, 4) is 0 Å². The smallest absolute Gasteiger partial charge is 0.233 e. The van der Waals surface area contributed by atoms with Crippen LogP contribution in [0.25, 0.3) is 0 Å². The summed E-state index contributed by atoms with van der Waals surface area (Å²) in [5.41, 5.74) is 0.973. The van der Waals surface area contributed by atoms with Gasteiger partial charge in [-0.05, 0) is 38.5 Å². The minimum atomic E-state index is -0.759. The highest BCUT2D eigenvalue weighted by Gasteiger charge is 2.39. The number of halogens is 1. The van der Waals surface area contributed by atoms with E-state index in [1.807, 2.05) is 25.7 Å². The van der Waals surface area contributed by atoms with E-state index in [0.717, 1.165) is 17.1 Å². The number of aromatic amines is 1. The Kier molecular flexibility index (Phi) is 4.41. The lowest BCUT2D eigenvalue weighted by molar-refractivity contribution is -0.145. The molecule has 1 aliphatic rings. The van der Waals surface area contributed by atoms with Crippen LogP contribution in [0, 0.1) is 12.7 Å². The summed E-state index contributed by atoms with van der Waals surface area (Å²) in [5.74, 6) is 0.407. The Hall–Kier alpha value is -2.21. The van der Waals surface area contributed by atoms with E-state index in [-0.39, 0.29) is 17.8 Å². The first-order valence-corrected chi connectivity index (χ1v) is 8.06. The number of nitrogens with one attached hydrogen (secondary N) is 1. The Balaban J connectivity index is 1.89. The predicted octanol–water partition coefficient (Wildman–Crippen LogP) is 2.73. The predicted molar refractivity (Wildman–Crippen MR) is 88.0 cm³/mol. The second-order valence-corrected chi connectivity index (χ2v) is 6.67. The van der Waals surface area contributed by atoms with Crippen molar-refractivity contribution >= 4 is 5.91 Å². The fourth-order valence-corrected chi connectivity index (χ4v) is 3.02. The van der Waals surface area contributed by atoms with E-state index >= 15 is 0 Å². The van der Waals surface area contributed by atoms with Gasteiger partial charge in [-0.25, -0.2) is 9.37 Å². The third kappa shape index (κ3) is 3.06. The zero-order valence-corrected chi connectivity index (χ0v) is 14.2. The molecule has 2 heterocycles. The van der Waals surface area contributed by atoms with Gasteiger partial charge < -0.3 is 14.6 Å². The highest BCUT2D eigenvalue weighted by Crippen LogP contribution is 2.31. The maximum Gasteiger partial charge on any atom is 0.233 e. The maximum atomic E-state index is 13.2. The molecule has 1 fully saturated rings. The zero-order chi connectivity index (χ0) is 17.3. The largest absolute Gasteiger partial charge is 0.377 e. The molecule has 1 saturated heterocycles. The SMILES string of the molecule is Cc1cnc([C@@H]2COCCN2C(=O)C(C)(C)c2ccc(F)cc2)[nH]1. The van der Waals surface area contributed by atoms with Gasteiger partial charge in [0.2, 0.25) is 5.91 Å². The molecule has 0 radical (unpaired) electrons. The van der Waals surface area contributed by atoms with Crippen LogP contribution in [-0.4, -0.2) is 40.5 Å². The molecule has 0 aliphatic carbocycles. The summed E-state index contributed by atoms with van der Waals surface area (Å²) >= 11 is 0. The van der Waals surface area contributed by atoms with Crippen molar-refractivity contribution in [2.24, 2.45) is 0 Å². The molecule has 1 aromatic heterocycles. The van der Waals surface area contributed by atoms with Crippen molar-refractivity contribution in [1.82, 2.24) is 14.9 Å². The minimum Gasteiger partial charge on any atom is -0.377 e. The van der Waals surface area contributed by atoms with Crippen LogP contribution < -0.4 is 0 Å². The Morgan fingerprint density at radius 1 is 1.38 bits per heavy atom. The fourth-order valence-electron chi connectivity index (χ4n) is 3.02. The van der Waals surface area contributed by atoms with E-state index in [1.165, 1.54) is 12.1 Å². The summed E-state index contributed by atoms with van der Waals surface area (Å²) in [6.07, 6.45) is 1.75. The Bertz CT molecular complexity index is 724. The van der Waals surface area contributed by atoms with E-state index in [9.17, 15) is 9.18 Å². The Labute approximate surface area is 140 Å². The normalized spacial score (nSPS) is 18.7. The highest BCUT2D eigenvalue weighted by molar-refractivity contribution is 5.87. The number of amides is 1. The third-order valence-corrected chi connectivity index (χ3v) is 4.53. The molecule has 0 saturated carbocycles. The number of rotatable bonds is 3. The first kappa shape index (κ1) is 16.6. The van der Waals surface area contributed by atoms with Gasteiger partial charge in [0.25, 0.3) is 0 Å². The number of hydrogen-bond donors (Lipinski definition) is 1. The lowest BCUT2D eigenvalue weighted by Crippen LogP contribution is -2.50. The zero-order valence-electron chi connectivity index (χ0n) is 14.2. The third-order valence-electron chi connectivity index (χ3n) is 4.53. The second kappa shape index (κ2) is 6.36. The number of carbonyl (C=O) groups is 1. The van der Waals surface area contributed by atoms with Gasteiger partial charge in [0.05, 0.1) is 18.6 Å². The number of hydrogen-bond acceptors (Lipinski definition) is 3. The van der Waals surface area contributed by atoms with Crippen LogP contribution in [0.5, 0.6) is 0 Å². The van der Waals surface area contributed by atoms with Crippen LogP contribution >= 0.6 is 0 Å². The number of aromatic nitrogens is 2. The summed E-state index contributed by atoms with van der Waals surface area (Å²) in [7, 11) is 0. The molecule has 5 nitrogen and oxygen atoms in total. The number of aryl methyl sites for hydroxylation is 1. The summed E-state index contributed by atoms with van der Waals surface area (Å²) in [6, 6.07) is 5.87. The average molecular weight is 331 g/mol. The minimum absolute atomic E-state index is 0.0172. The Morgan fingerprint density at radius 3 is 2.71 bits per heavy atom. The van der Waals surface area contributed by atoms with Gasteiger partial charge in [-0.1, -0.05) is 12.1 Å². The molecule has 128 valence electrons. The molecule has 2 aromatic rings. The van der Waals surface area contributed by atoms with E-state index in [2.05, 4.69) is 9.97 Å². The quantitative estimate of drug-likeness (QED) is 0.941. The van der Waals surface area contributed by atoms with Crippen molar-refractivity contribution in [3.05, 3.63) is 53.4 Å². The highest BCUT2D eigenvalue weighted by atomic mass is 19.1. The molecule has 0 unspecified atom stereocenters. The van der Waals surface area contributed by atoms with Gasteiger partial charge in [-0.2, -0.15) is 0 Å². The number of carbonyl (C=O) groups excluding carboxylic acids is 1. The van der Waals surface area contributed by atoms with Crippen LogP contribution in [-0.2, 0) is 14.9 Å². The van der Waals surface area contributed by atoms with Gasteiger partial charge in [0.1, 0.15) is 17.7 Å². The molecule has 0 bridgehead atoms. The molecule has 1 atom stereocenters. The lowest BCUT2D eigenvalue weighted by atomic mass is 9.82. The number of morpholine rings is 1. The number of ether oxygens (including phenoxy) is 1. The van der Waals surface area contributed by atoms with Gasteiger partial charge >= 0.3 is 0 Å². The molecule has 1 N–H and O–H groups in total. The van der Waals surface area contributed by atoms with Crippen molar-refractivity contribution < 1.29 is 13.9 Å². The topological polar surface area (TPSA) is 58.2 Å². The standard InChI is InChI=1S/C18H22FN3O2/c1-12-10-20-16(21-12)15-11-24-9-8-22(15)17(23)18(2,3)13-4-6-14(19)7-5-13/h4-7,10,15H,8-9,11H2,1-3H3,(H,20,21)/t15-/m0/s1. The van der Waals surface area contributed by atoms with Crippen molar-refractivity contribution in [2.75, 3.05) is 19.8 Å². The molecule has 6 heteroatoms. The van der Waals surface area contributed by atoms with Crippen LogP contribution in [0.3, 0.4) is 0 Å². The fraction of sp³-hybridized carbons (Fsp3) is 0.444. The van der Waals surface area contributed by atoms with Gasteiger partial charge in [0, 0.05) is 18.4 Å². The molecule has 1 aromatic carbocycles. The average Bonchev–Trinajstić information content (AvgIpc) is 3.01.